The third kappa shape index (κ3) is 5.71. The number of likely N-dealkylation sites (tertiary alicyclic amines) is 1. The largest absolute Gasteiger partial charge is 0.361 e. The molecule has 0 spiro atoms. The van der Waals surface area contributed by atoms with Gasteiger partial charge in [0.1, 0.15) is 5.82 Å². The van der Waals surface area contributed by atoms with E-state index in [4.69, 9.17) is 4.99 Å². The highest BCUT2D eigenvalue weighted by atomic mass is 19.1. The maximum atomic E-state index is 13.5. The minimum absolute atomic E-state index is 0.193. The maximum absolute atomic E-state index is 13.5. The molecule has 154 valence electrons. The Labute approximate surface area is 167 Å². The number of guanidine groups is 1. The average Bonchev–Trinajstić information content (AvgIpc) is 3.09. The summed E-state index contributed by atoms with van der Waals surface area (Å²) in [5, 5.41) is 7.73. The van der Waals surface area contributed by atoms with E-state index >= 15 is 0 Å². The van der Waals surface area contributed by atoms with E-state index in [0.29, 0.717) is 5.92 Å². The zero-order valence-corrected chi connectivity index (χ0v) is 17.2. The summed E-state index contributed by atoms with van der Waals surface area (Å²) in [6.07, 6.45) is 6.51. The van der Waals surface area contributed by atoms with Crippen LogP contribution >= 0.6 is 0 Å². The van der Waals surface area contributed by atoms with E-state index in [-0.39, 0.29) is 5.82 Å². The zero-order chi connectivity index (χ0) is 19.8. The van der Waals surface area contributed by atoms with Gasteiger partial charge in [-0.05, 0) is 81.9 Å². The number of aromatic nitrogens is 1. The normalized spacial score (nSPS) is 16.6. The van der Waals surface area contributed by atoms with Crippen molar-refractivity contribution in [1.29, 1.82) is 0 Å². The summed E-state index contributed by atoms with van der Waals surface area (Å²) < 4.78 is 13.5. The number of hydrogen-bond acceptors (Lipinski definition) is 2. The number of rotatable bonds is 8. The Bertz CT molecular complexity index is 761. The highest BCUT2D eigenvalue weighted by Crippen LogP contribution is 2.20. The van der Waals surface area contributed by atoms with Crippen LogP contribution in [0.2, 0.25) is 0 Å². The molecule has 3 N–H and O–H groups in total. The number of nitrogens with one attached hydrogen (secondary N) is 3. The van der Waals surface area contributed by atoms with E-state index in [2.05, 4.69) is 34.4 Å². The average molecular weight is 388 g/mol. The van der Waals surface area contributed by atoms with Crippen LogP contribution in [0.25, 0.3) is 10.9 Å². The van der Waals surface area contributed by atoms with Crippen molar-refractivity contribution < 1.29 is 4.39 Å². The van der Waals surface area contributed by atoms with Crippen LogP contribution in [-0.4, -0.2) is 55.1 Å². The van der Waals surface area contributed by atoms with Gasteiger partial charge in [0.2, 0.25) is 0 Å². The van der Waals surface area contributed by atoms with Crippen molar-refractivity contribution in [2.45, 2.75) is 39.5 Å². The fraction of sp³-hybridized carbons (Fsp3) is 0.591. The molecule has 1 aromatic heterocycles. The van der Waals surface area contributed by atoms with E-state index < -0.39 is 0 Å². The van der Waals surface area contributed by atoms with Gasteiger partial charge in [0, 0.05) is 36.7 Å². The number of H-pyrrole nitrogens is 1. The predicted octanol–water partition coefficient (Wildman–Crippen LogP) is 3.53. The molecule has 0 aliphatic carbocycles. The molecule has 0 bridgehead atoms. The highest BCUT2D eigenvalue weighted by molar-refractivity contribution is 5.83. The lowest BCUT2D eigenvalue weighted by atomic mass is 9.97. The molecular weight excluding hydrogens is 353 g/mol. The van der Waals surface area contributed by atoms with Gasteiger partial charge < -0.3 is 20.5 Å². The number of nitrogens with zero attached hydrogens (tertiary/aromatic N) is 2. The Balaban J connectivity index is 1.49. The van der Waals surface area contributed by atoms with Crippen LogP contribution in [-0.2, 0) is 6.42 Å². The molecule has 1 aliphatic rings. The Hall–Kier alpha value is -2.08. The maximum Gasteiger partial charge on any atom is 0.191 e. The van der Waals surface area contributed by atoms with Crippen LogP contribution in [0.4, 0.5) is 4.39 Å². The molecule has 2 heterocycles. The molecule has 0 amide bonds. The first-order chi connectivity index (χ1) is 13.7. The minimum Gasteiger partial charge on any atom is -0.361 e. The van der Waals surface area contributed by atoms with Gasteiger partial charge in [-0.1, -0.05) is 6.92 Å². The van der Waals surface area contributed by atoms with Crippen LogP contribution in [0, 0.1) is 11.7 Å². The molecule has 0 radical (unpaired) electrons. The summed E-state index contributed by atoms with van der Waals surface area (Å²) in [6, 6.07) is 4.88. The standard InChI is InChI=1S/C22H34FN5/c1-3-11-28-12-8-17(9-13-28)15-27-22(24-4-2)25-10-7-18-16-26-21-6-5-19(23)14-20(18)21/h5-6,14,16-17,26H,3-4,7-13,15H2,1-2H3,(H2,24,25,27). The molecule has 2 aromatic rings. The minimum atomic E-state index is -0.193. The predicted molar refractivity (Wildman–Crippen MR) is 115 cm³/mol. The smallest absolute Gasteiger partial charge is 0.191 e. The van der Waals surface area contributed by atoms with Gasteiger partial charge in [-0.15, -0.1) is 0 Å². The Morgan fingerprint density at radius 1 is 1.25 bits per heavy atom. The van der Waals surface area contributed by atoms with E-state index in [0.717, 1.165) is 48.5 Å². The summed E-state index contributed by atoms with van der Waals surface area (Å²) in [7, 11) is 0. The molecule has 1 aliphatic heterocycles. The van der Waals surface area contributed by atoms with E-state index in [1.165, 1.54) is 45.0 Å². The first kappa shape index (κ1) is 20.6. The van der Waals surface area contributed by atoms with Crippen LogP contribution in [0.5, 0.6) is 0 Å². The van der Waals surface area contributed by atoms with E-state index in [1.54, 1.807) is 12.1 Å². The van der Waals surface area contributed by atoms with Gasteiger partial charge in [0.05, 0.1) is 0 Å². The quantitative estimate of drug-likeness (QED) is 0.480. The first-order valence-electron chi connectivity index (χ1n) is 10.7. The number of aromatic amines is 1. The van der Waals surface area contributed by atoms with Crippen molar-refractivity contribution in [3.8, 4) is 0 Å². The first-order valence-corrected chi connectivity index (χ1v) is 10.7. The fourth-order valence-corrected chi connectivity index (χ4v) is 3.94. The van der Waals surface area contributed by atoms with Crippen molar-refractivity contribution >= 4 is 16.9 Å². The molecule has 5 nitrogen and oxygen atoms in total. The lowest BCUT2D eigenvalue weighted by Gasteiger charge is -2.31. The third-order valence-electron chi connectivity index (χ3n) is 5.52. The number of piperidine rings is 1. The fourth-order valence-electron chi connectivity index (χ4n) is 3.94. The monoisotopic (exact) mass is 387 g/mol. The Morgan fingerprint density at radius 3 is 2.82 bits per heavy atom. The van der Waals surface area contributed by atoms with Crippen LogP contribution < -0.4 is 10.6 Å². The molecule has 0 saturated carbocycles. The van der Waals surface area contributed by atoms with Gasteiger partial charge >= 0.3 is 0 Å². The van der Waals surface area contributed by atoms with E-state index in [9.17, 15) is 4.39 Å². The second kappa shape index (κ2) is 10.5. The van der Waals surface area contributed by atoms with Crippen molar-refractivity contribution in [3.05, 3.63) is 35.8 Å². The van der Waals surface area contributed by atoms with Gasteiger partial charge in [-0.3, -0.25) is 4.99 Å². The van der Waals surface area contributed by atoms with Gasteiger partial charge in [0.15, 0.2) is 5.96 Å². The Kier molecular flexibility index (Phi) is 7.71. The molecule has 0 unspecified atom stereocenters. The third-order valence-corrected chi connectivity index (χ3v) is 5.52. The summed E-state index contributed by atoms with van der Waals surface area (Å²) >= 11 is 0. The van der Waals surface area contributed by atoms with Crippen molar-refractivity contribution in [2.75, 3.05) is 39.3 Å². The van der Waals surface area contributed by atoms with E-state index in [1.807, 2.05) is 6.20 Å². The second-order valence-electron chi connectivity index (χ2n) is 7.69. The summed E-state index contributed by atoms with van der Waals surface area (Å²) in [4.78, 5) is 10.6. The molecule has 1 saturated heterocycles. The summed E-state index contributed by atoms with van der Waals surface area (Å²) in [5.74, 6) is 1.37. The number of hydrogen-bond donors (Lipinski definition) is 3. The van der Waals surface area contributed by atoms with Crippen LogP contribution in [0.1, 0.15) is 38.7 Å². The molecule has 1 fully saturated rings. The van der Waals surface area contributed by atoms with Crippen molar-refractivity contribution in [2.24, 2.45) is 10.9 Å². The number of halogens is 1. The molecule has 28 heavy (non-hydrogen) atoms. The number of aliphatic imine (C=N–C) groups is 1. The van der Waals surface area contributed by atoms with Crippen molar-refractivity contribution in [3.63, 3.8) is 0 Å². The molecule has 6 heteroatoms. The van der Waals surface area contributed by atoms with Crippen molar-refractivity contribution in [1.82, 2.24) is 20.5 Å². The van der Waals surface area contributed by atoms with Gasteiger partial charge in [-0.25, -0.2) is 4.39 Å². The van der Waals surface area contributed by atoms with Crippen LogP contribution in [0.3, 0.4) is 0 Å². The highest BCUT2D eigenvalue weighted by Gasteiger charge is 2.18. The summed E-state index contributed by atoms with van der Waals surface area (Å²) in [6.45, 7) is 10.5. The molecule has 1 aromatic carbocycles. The second-order valence-corrected chi connectivity index (χ2v) is 7.69. The lowest BCUT2D eigenvalue weighted by Crippen LogP contribution is -2.39. The topological polar surface area (TPSA) is 55.4 Å². The number of fused-ring (bicyclic) bond motifs is 1. The Morgan fingerprint density at radius 2 is 2.07 bits per heavy atom. The SMILES string of the molecule is CCCN1CCC(CN=C(NCC)NCCc2c[nH]c3ccc(F)cc23)CC1. The number of benzene rings is 1. The zero-order valence-electron chi connectivity index (χ0n) is 17.2. The molecule has 3 rings (SSSR count). The van der Waals surface area contributed by atoms with Crippen LogP contribution in [0.15, 0.2) is 29.4 Å². The van der Waals surface area contributed by atoms with Gasteiger partial charge in [0.25, 0.3) is 0 Å². The summed E-state index contributed by atoms with van der Waals surface area (Å²) in [5.41, 5.74) is 2.10. The van der Waals surface area contributed by atoms with Gasteiger partial charge in [-0.2, -0.15) is 0 Å². The molecular formula is C22H34FN5. The lowest BCUT2D eigenvalue weighted by molar-refractivity contribution is 0.188. The molecule has 0 atom stereocenters.